The highest BCUT2D eigenvalue weighted by atomic mass is 16.5. The van der Waals surface area contributed by atoms with Crippen molar-refractivity contribution in [3.63, 3.8) is 0 Å². The Morgan fingerprint density at radius 2 is 1.81 bits per heavy atom. The number of aromatic nitrogens is 4. The molecule has 0 aliphatic rings. The fourth-order valence-corrected chi connectivity index (χ4v) is 2.90. The number of benzene rings is 2. The van der Waals surface area contributed by atoms with Crippen molar-refractivity contribution in [1.29, 1.82) is 0 Å². The molecule has 0 fully saturated rings. The molecular formula is C20H23N5O2. The van der Waals surface area contributed by atoms with E-state index in [0.717, 1.165) is 22.6 Å². The van der Waals surface area contributed by atoms with Crippen molar-refractivity contribution in [1.82, 2.24) is 25.5 Å². The van der Waals surface area contributed by atoms with Crippen LogP contribution >= 0.6 is 0 Å². The Kier molecular flexibility index (Phi) is 5.80. The zero-order valence-electron chi connectivity index (χ0n) is 15.7. The summed E-state index contributed by atoms with van der Waals surface area (Å²) in [6, 6.07) is 15.4. The Balaban J connectivity index is 1.65. The van der Waals surface area contributed by atoms with Gasteiger partial charge in [-0.2, -0.15) is 0 Å². The molecule has 0 aliphatic heterocycles. The van der Waals surface area contributed by atoms with Gasteiger partial charge >= 0.3 is 0 Å². The molecule has 2 aromatic carbocycles. The third-order valence-electron chi connectivity index (χ3n) is 4.37. The Bertz CT molecular complexity index is 858. The fraction of sp³-hybridized carbons (Fsp3) is 0.300. The largest absolute Gasteiger partial charge is 0.497 e. The predicted octanol–water partition coefficient (Wildman–Crippen LogP) is 2.73. The van der Waals surface area contributed by atoms with E-state index in [9.17, 15) is 4.79 Å². The molecule has 3 aromatic rings. The van der Waals surface area contributed by atoms with Crippen LogP contribution in [-0.4, -0.2) is 33.2 Å². The van der Waals surface area contributed by atoms with Crippen LogP contribution in [0.15, 0.2) is 54.9 Å². The summed E-state index contributed by atoms with van der Waals surface area (Å²) in [7, 11) is 1.64. The van der Waals surface area contributed by atoms with Gasteiger partial charge in [0.25, 0.3) is 0 Å². The molecule has 0 bridgehead atoms. The van der Waals surface area contributed by atoms with Crippen molar-refractivity contribution in [2.45, 2.75) is 26.3 Å². The summed E-state index contributed by atoms with van der Waals surface area (Å²) in [5, 5.41) is 14.2. The van der Waals surface area contributed by atoms with Gasteiger partial charge in [0.1, 0.15) is 12.1 Å². The summed E-state index contributed by atoms with van der Waals surface area (Å²) in [4.78, 5) is 12.6. The Hall–Kier alpha value is -3.22. The summed E-state index contributed by atoms with van der Waals surface area (Å²) in [6.07, 6.45) is 1.85. The third-order valence-corrected chi connectivity index (χ3v) is 4.37. The Morgan fingerprint density at radius 3 is 2.37 bits per heavy atom. The molecule has 27 heavy (non-hydrogen) atoms. The minimum Gasteiger partial charge on any atom is -0.497 e. The number of carbonyl (C=O) groups excluding carboxylic acids is 1. The van der Waals surface area contributed by atoms with E-state index in [1.54, 1.807) is 11.8 Å². The topological polar surface area (TPSA) is 81.9 Å². The quantitative estimate of drug-likeness (QED) is 0.696. The molecule has 0 saturated heterocycles. The first-order chi connectivity index (χ1) is 13.1. The molecule has 0 spiro atoms. The van der Waals surface area contributed by atoms with Crippen molar-refractivity contribution in [3.8, 4) is 11.4 Å². The van der Waals surface area contributed by atoms with Gasteiger partial charge in [0.15, 0.2) is 0 Å². The van der Waals surface area contributed by atoms with Crippen molar-refractivity contribution in [2.75, 3.05) is 7.11 Å². The maximum absolute atomic E-state index is 12.6. The number of hydrogen-bond donors (Lipinski definition) is 1. The second-order valence-corrected chi connectivity index (χ2v) is 6.66. The van der Waals surface area contributed by atoms with Crippen LogP contribution in [0, 0.1) is 5.92 Å². The molecule has 1 heterocycles. The van der Waals surface area contributed by atoms with Crippen molar-refractivity contribution >= 4 is 5.91 Å². The van der Waals surface area contributed by atoms with Gasteiger partial charge in [-0.05, 0) is 51.7 Å². The minimum absolute atomic E-state index is 0.0142. The second-order valence-electron chi connectivity index (χ2n) is 6.66. The molecule has 7 heteroatoms. The zero-order chi connectivity index (χ0) is 19.2. The minimum atomic E-state index is -0.0519. The molecule has 0 radical (unpaired) electrons. The number of methoxy groups -OCH3 is 1. The van der Waals surface area contributed by atoms with Gasteiger partial charge < -0.3 is 10.1 Å². The average molecular weight is 365 g/mol. The van der Waals surface area contributed by atoms with Gasteiger partial charge in [0.05, 0.1) is 25.3 Å². The smallest absolute Gasteiger partial charge is 0.224 e. The number of rotatable bonds is 7. The van der Waals surface area contributed by atoms with E-state index in [2.05, 4.69) is 34.7 Å². The summed E-state index contributed by atoms with van der Waals surface area (Å²) >= 11 is 0. The van der Waals surface area contributed by atoms with Crippen LogP contribution in [0.2, 0.25) is 0 Å². The van der Waals surface area contributed by atoms with E-state index < -0.39 is 0 Å². The fourth-order valence-electron chi connectivity index (χ4n) is 2.90. The van der Waals surface area contributed by atoms with E-state index >= 15 is 0 Å². The van der Waals surface area contributed by atoms with Crippen LogP contribution in [-0.2, 0) is 11.2 Å². The van der Waals surface area contributed by atoms with E-state index in [1.807, 2.05) is 48.5 Å². The summed E-state index contributed by atoms with van der Waals surface area (Å²) in [5.74, 6) is 1.06. The lowest BCUT2D eigenvalue weighted by atomic mass is 9.95. The van der Waals surface area contributed by atoms with Gasteiger partial charge in [0.2, 0.25) is 5.91 Å². The molecule has 0 aliphatic carbocycles. The van der Waals surface area contributed by atoms with Crippen LogP contribution in [0.25, 0.3) is 5.69 Å². The van der Waals surface area contributed by atoms with Gasteiger partial charge in [-0.25, -0.2) is 4.68 Å². The highest BCUT2D eigenvalue weighted by Crippen LogP contribution is 2.24. The maximum Gasteiger partial charge on any atom is 0.224 e. The molecule has 0 saturated carbocycles. The van der Waals surface area contributed by atoms with Crippen LogP contribution in [0.4, 0.5) is 0 Å². The van der Waals surface area contributed by atoms with Crippen LogP contribution < -0.4 is 10.1 Å². The van der Waals surface area contributed by atoms with Crippen molar-refractivity contribution < 1.29 is 9.53 Å². The molecule has 3 rings (SSSR count). The highest BCUT2D eigenvalue weighted by molar-refractivity contribution is 5.79. The number of hydrogen-bond acceptors (Lipinski definition) is 5. The number of tetrazole rings is 1. The number of amides is 1. The molecule has 140 valence electrons. The average Bonchev–Trinajstić information content (AvgIpc) is 3.21. The van der Waals surface area contributed by atoms with Gasteiger partial charge in [-0.15, -0.1) is 5.10 Å². The van der Waals surface area contributed by atoms with Gasteiger partial charge in [-0.1, -0.05) is 38.1 Å². The first kappa shape index (κ1) is 18.6. The second kappa shape index (κ2) is 8.44. The predicted molar refractivity (Wildman–Crippen MR) is 102 cm³/mol. The number of nitrogens with one attached hydrogen (secondary N) is 1. The lowest BCUT2D eigenvalue weighted by Crippen LogP contribution is -2.32. The van der Waals surface area contributed by atoms with E-state index in [4.69, 9.17) is 4.74 Å². The van der Waals surface area contributed by atoms with Crippen LogP contribution in [0.5, 0.6) is 5.75 Å². The third kappa shape index (κ3) is 4.69. The number of nitrogens with zero attached hydrogens (tertiary/aromatic N) is 4. The first-order valence-corrected chi connectivity index (χ1v) is 8.82. The lowest BCUT2D eigenvalue weighted by molar-refractivity contribution is -0.121. The monoisotopic (exact) mass is 365 g/mol. The molecule has 1 atom stereocenters. The zero-order valence-corrected chi connectivity index (χ0v) is 15.7. The van der Waals surface area contributed by atoms with Gasteiger partial charge in [0, 0.05) is 0 Å². The maximum atomic E-state index is 12.6. The molecule has 1 unspecified atom stereocenters. The number of ether oxygens (including phenoxy) is 1. The summed E-state index contributed by atoms with van der Waals surface area (Å²) in [5.41, 5.74) is 2.84. The normalized spacial score (nSPS) is 12.0. The van der Waals surface area contributed by atoms with E-state index in [0.29, 0.717) is 6.42 Å². The van der Waals surface area contributed by atoms with E-state index in [1.165, 1.54) is 6.33 Å². The molecular weight excluding hydrogens is 342 g/mol. The summed E-state index contributed by atoms with van der Waals surface area (Å²) < 4.78 is 6.78. The first-order valence-electron chi connectivity index (χ1n) is 8.82. The van der Waals surface area contributed by atoms with Crippen molar-refractivity contribution in [3.05, 3.63) is 66.0 Å². The lowest BCUT2D eigenvalue weighted by Gasteiger charge is -2.23. The van der Waals surface area contributed by atoms with Crippen LogP contribution in [0.1, 0.15) is 31.0 Å². The highest BCUT2D eigenvalue weighted by Gasteiger charge is 2.18. The van der Waals surface area contributed by atoms with E-state index in [-0.39, 0.29) is 17.9 Å². The van der Waals surface area contributed by atoms with Crippen LogP contribution in [0.3, 0.4) is 0 Å². The summed E-state index contributed by atoms with van der Waals surface area (Å²) in [6.45, 7) is 4.19. The molecule has 7 nitrogen and oxygen atoms in total. The van der Waals surface area contributed by atoms with Gasteiger partial charge in [-0.3, -0.25) is 4.79 Å². The molecule has 1 amide bonds. The number of carbonyl (C=O) groups is 1. The Morgan fingerprint density at radius 1 is 1.11 bits per heavy atom. The molecule has 1 N–H and O–H groups in total. The molecule has 1 aromatic heterocycles. The SMILES string of the molecule is COc1ccc(C(NC(=O)Cc2ccc(-n3cnnn3)cc2)C(C)C)cc1. The standard InChI is InChI=1S/C20H23N5O2/c1-14(2)20(16-6-10-18(27-3)11-7-16)22-19(26)12-15-4-8-17(9-5-15)25-13-21-23-24-25/h4-11,13-14,20H,12H2,1-3H3,(H,22,26). The Labute approximate surface area is 158 Å². The van der Waals surface area contributed by atoms with Crippen molar-refractivity contribution in [2.24, 2.45) is 5.92 Å².